The van der Waals surface area contributed by atoms with Crippen LogP contribution in [-0.4, -0.2) is 58.2 Å². The largest absolute Gasteiger partial charge is 0.378 e. The second kappa shape index (κ2) is 7.06. The van der Waals surface area contributed by atoms with Gasteiger partial charge in [-0.25, -0.2) is 4.98 Å². The van der Waals surface area contributed by atoms with Crippen LogP contribution in [0, 0.1) is 0 Å². The molecule has 1 aromatic rings. The molecule has 1 aromatic heterocycles. The third-order valence-corrected chi connectivity index (χ3v) is 5.82. The van der Waals surface area contributed by atoms with Gasteiger partial charge in [0.25, 0.3) is 5.56 Å². The van der Waals surface area contributed by atoms with E-state index in [1.807, 2.05) is 11.8 Å². The molecular formula is C14H19N3O3S2. The van der Waals surface area contributed by atoms with Gasteiger partial charge < -0.3 is 9.64 Å². The summed E-state index contributed by atoms with van der Waals surface area (Å²) in [7, 11) is 0. The zero-order chi connectivity index (χ0) is 15.5. The molecule has 0 aliphatic carbocycles. The monoisotopic (exact) mass is 341 g/mol. The number of carbonyl (C=O) groups excluding carboxylic acids is 1. The summed E-state index contributed by atoms with van der Waals surface area (Å²) in [4.78, 5) is 31.9. The van der Waals surface area contributed by atoms with E-state index in [0.29, 0.717) is 43.8 Å². The lowest BCUT2D eigenvalue weighted by molar-refractivity contribution is -0.132. The molecule has 8 heteroatoms. The zero-order valence-corrected chi connectivity index (χ0v) is 14.2. The molecule has 0 radical (unpaired) electrons. The lowest BCUT2D eigenvalue weighted by atomic mass is 10.3. The van der Waals surface area contributed by atoms with Crippen LogP contribution < -0.4 is 5.56 Å². The standard InChI is InChI=1S/C14H19N3O3S2/c1-2-17-13(19)12-10(3-8-21-12)15-14(17)22-9-11(18)16-4-6-20-7-5-16/h2-9H2,1H3. The van der Waals surface area contributed by atoms with Crippen LogP contribution in [-0.2, 0) is 22.5 Å². The lowest BCUT2D eigenvalue weighted by Crippen LogP contribution is -2.41. The van der Waals surface area contributed by atoms with E-state index in [1.54, 1.807) is 16.3 Å². The number of hydrogen-bond acceptors (Lipinski definition) is 6. The highest BCUT2D eigenvalue weighted by molar-refractivity contribution is 8.00. The topological polar surface area (TPSA) is 64.4 Å². The van der Waals surface area contributed by atoms with Crippen molar-refractivity contribution < 1.29 is 9.53 Å². The first kappa shape index (κ1) is 15.9. The van der Waals surface area contributed by atoms with Gasteiger partial charge in [-0.15, -0.1) is 11.8 Å². The maximum atomic E-state index is 12.4. The van der Waals surface area contributed by atoms with Crippen molar-refractivity contribution in [3.63, 3.8) is 0 Å². The van der Waals surface area contributed by atoms with Crippen LogP contribution >= 0.6 is 23.5 Å². The molecule has 0 N–H and O–H groups in total. The maximum Gasteiger partial charge on any atom is 0.268 e. The molecule has 0 aromatic carbocycles. The molecule has 22 heavy (non-hydrogen) atoms. The van der Waals surface area contributed by atoms with Crippen molar-refractivity contribution in [2.45, 2.75) is 29.9 Å². The van der Waals surface area contributed by atoms with E-state index >= 15 is 0 Å². The molecule has 1 amide bonds. The van der Waals surface area contributed by atoms with Gasteiger partial charge in [0.1, 0.15) is 0 Å². The smallest absolute Gasteiger partial charge is 0.268 e. The minimum Gasteiger partial charge on any atom is -0.378 e. The number of carbonyl (C=O) groups is 1. The lowest BCUT2D eigenvalue weighted by Gasteiger charge is -2.26. The number of rotatable bonds is 4. The van der Waals surface area contributed by atoms with Crippen molar-refractivity contribution in [1.29, 1.82) is 0 Å². The van der Waals surface area contributed by atoms with Crippen molar-refractivity contribution >= 4 is 29.4 Å². The van der Waals surface area contributed by atoms with Crippen molar-refractivity contribution in [2.75, 3.05) is 37.8 Å². The Morgan fingerprint density at radius 2 is 2.18 bits per heavy atom. The predicted octanol–water partition coefficient (Wildman–Crippen LogP) is 0.862. The van der Waals surface area contributed by atoms with E-state index in [0.717, 1.165) is 22.8 Å². The molecule has 2 aliphatic rings. The number of nitrogens with zero attached hydrogens (tertiary/aromatic N) is 3. The molecule has 120 valence electrons. The van der Waals surface area contributed by atoms with Crippen LogP contribution in [0.1, 0.15) is 12.6 Å². The van der Waals surface area contributed by atoms with Crippen LogP contribution in [0.2, 0.25) is 0 Å². The van der Waals surface area contributed by atoms with Gasteiger partial charge in [-0.05, 0) is 6.92 Å². The summed E-state index contributed by atoms with van der Waals surface area (Å²) in [5, 5.41) is 0.662. The fraction of sp³-hybridized carbons (Fsp3) is 0.643. The molecule has 0 atom stereocenters. The number of morpholine rings is 1. The van der Waals surface area contributed by atoms with Gasteiger partial charge in [0.15, 0.2) is 5.16 Å². The van der Waals surface area contributed by atoms with Crippen LogP contribution in [0.15, 0.2) is 14.8 Å². The molecule has 3 rings (SSSR count). The predicted molar refractivity (Wildman–Crippen MR) is 86.7 cm³/mol. The molecular weight excluding hydrogens is 322 g/mol. The van der Waals surface area contributed by atoms with Gasteiger partial charge in [0, 0.05) is 31.8 Å². The summed E-state index contributed by atoms with van der Waals surface area (Å²) < 4.78 is 6.93. The summed E-state index contributed by atoms with van der Waals surface area (Å²) in [6.45, 7) is 5.01. The number of ether oxygens (including phenoxy) is 1. The summed E-state index contributed by atoms with van der Waals surface area (Å²) in [5.41, 5.74) is 0.928. The fourth-order valence-corrected chi connectivity index (χ4v) is 4.57. The second-order valence-electron chi connectivity index (χ2n) is 5.10. The number of thioether (sulfide) groups is 2. The molecule has 0 unspecified atom stereocenters. The maximum absolute atomic E-state index is 12.4. The first-order chi connectivity index (χ1) is 10.7. The number of fused-ring (bicyclic) bond motifs is 1. The van der Waals surface area contributed by atoms with E-state index in [9.17, 15) is 9.59 Å². The Kier molecular flexibility index (Phi) is 5.10. The Balaban J connectivity index is 1.73. The van der Waals surface area contributed by atoms with Crippen molar-refractivity contribution in [2.24, 2.45) is 0 Å². The summed E-state index contributed by atoms with van der Waals surface area (Å²) >= 11 is 2.95. The van der Waals surface area contributed by atoms with Crippen molar-refractivity contribution in [3.8, 4) is 0 Å². The SMILES string of the molecule is CCn1c(SCC(=O)N2CCOCC2)nc2c(c1=O)SCC2. The average molecular weight is 341 g/mol. The Hall–Kier alpha value is -0.990. The normalized spacial score (nSPS) is 17.6. The highest BCUT2D eigenvalue weighted by Gasteiger charge is 2.22. The second-order valence-corrected chi connectivity index (χ2v) is 7.15. The Labute approximate surface area is 137 Å². The molecule has 0 bridgehead atoms. The minimum atomic E-state index is 0.0383. The van der Waals surface area contributed by atoms with Crippen LogP contribution in [0.25, 0.3) is 0 Å². The van der Waals surface area contributed by atoms with Gasteiger partial charge in [0.05, 0.1) is 29.6 Å². The number of hydrogen-bond donors (Lipinski definition) is 0. The average Bonchev–Trinajstić information content (AvgIpc) is 3.02. The van der Waals surface area contributed by atoms with Gasteiger partial charge in [-0.2, -0.15) is 0 Å². The molecule has 0 spiro atoms. The van der Waals surface area contributed by atoms with E-state index in [1.165, 1.54) is 11.8 Å². The number of aryl methyl sites for hydroxylation is 1. The molecule has 3 heterocycles. The van der Waals surface area contributed by atoms with E-state index < -0.39 is 0 Å². The Morgan fingerprint density at radius 3 is 2.91 bits per heavy atom. The first-order valence-corrected chi connectivity index (χ1v) is 9.42. The number of aromatic nitrogens is 2. The Bertz CT molecular complexity index is 626. The molecule has 0 saturated carbocycles. The van der Waals surface area contributed by atoms with Gasteiger partial charge in [-0.3, -0.25) is 14.2 Å². The molecule has 1 fully saturated rings. The molecule has 6 nitrogen and oxygen atoms in total. The van der Waals surface area contributed by atoms with Crippen LogP contribution in [0.3, 0.4) is 0 Å². The third kappa shape index (κ3) is 3.18. The van der Waals surface area contributed by atoms with Crippen molar-refractivity contribution in [1.82, 2.24) is 14.5 Å². The fourth-order valence-electron chi connectivity index (χ4n) is 2.54. The van der Waals surface area contributed by atoms with Gasteiger partial charge >= 0.3 is 0 Å². The van der Waals surface area contributed by atoms with E-state index in [4.69, 9.17) is 4.74 Å². The number of amides is 1. The quantitative estimate of drug-likeness (QED) is 0.598. The van der Waals surface area contributed by atoms with Crippen LogP contribution in [0.5, 0.6) is 0 Å². The van der Waals surface area contributed by atoms with E-state index in [-0.39, 0.29) is 11.5 Å². The first-order valence-electron chi connectivity index (χ1n) is 7.45. The van der Waals surface area contributed by atoms with Crippen molar-refractivity contribution in [3.05, 3.63) is 16.0 Å². The minimum absolute atomic E-state index is 0.0383. The highest BCUT2D eigenvalue weighted by atomic mass is 32.2. The summed E-state index contributed by atoms with van der Waals surface area (Å²) in [6, 6.07) is 0. The summed E-state index contributed by atoms with van der Waals surface area (Å²) in [6.07, 6.45) is 0.838. The van der Waals surface area contributed by atoms with Gasteiger partial charge in [-0.1, -0.05) is 11.8 Å². The molecule has 1 saturated heterocycles. The highest BCUT2D eigenvalue weighted by Crippen LogP contribution is 2.28. The van der Waals surface area contributed by atoms with Gasteiger partial charge in [0.2, 0.25) is 5.91 Å². The summed E-state index contributed by atoms with van der Waals surface area (Å²) in [5.74, 6) is 1.32. The molecule has 2 aliphatic heterocycles. The van der Waals surface area contributed by atoms with E-state index in [2.05, 4.69) is 4.98 Å². The Morgan fingerprint density at radius 1 is 1.41 bits per heavy atom. The third-order valence-electron chi connectivity index (χ3n) is 3.75. The van der Waals surface area contributed by atoms with Crippen LogP contribution in [0.4, 0.5) is 0 Å². The zero-order valence-electron chi connectivity index (χ0n) is 12.5.